The lowest BCUT2D eigenvalue weighted by Gasteiger charge is -2.00. The van der Waals surface area contributed by atoms with Crippen LogP contribution in [0.2, 0.25) is 0 Å². The Kier molecular flexibility index (Phi) is 2.56. The number of aromatic nitrogens is 2. The van der Waals surface area contributed by atoms with Gasteiger partial charge in [0.15, 0.2) is 0 Å². The monoisotopic (exact) mass is 272 g/mol. The molecule has 0 spiro atoms. The van der Waals surface area contributed by atoms with Crippen molar-refractivity contribution < 1.29 is 0 Å². The van der Waals surface area contributed by atoms with Crippen molar-refractivity contribution in [3.05, 3.63) is 38.9 Å². The summed E-state index contributed by atoms with van der Waals surface area (Å²) in [6.45, 7) is 0. The number of alkyl halides is 1. The quantitative estimate of drug-likeness (QED) is 0.811. The lowest BCUT2D eigenvalue weighted by molar-refractivity contribution is 1.03. The molecular weight excluding hydrogens is 267 g/mol. The second-order valence-electron chi connectivity index (χ2n) is 2.81. The van der Waals surface area contributed by atoms with Gasteiger partial charge in [0.25, 0.3) is 5.56 Å². The standard InChI is InChI=1S/C9H6BrClN2O/c10-5-1-2-6-7(3-5)12-8(4-11)13-9(6)14/h1-3H,4H2,(H,12,13,14). The van der Waals surface area contributed by atoms with Gasteiger partial charge in [-0.15, -0.1) is 11.6 Å². The van der Waals surface area contributed by atoms with Crippen LogP contribution in [-0.4, -0.2) is 9.97 Å². The highest BCUT2D eigenvalue weighted by Crippen LogP contribution is 2.15. The van der Waals surface area contributed by atoms with E-state index in [1.54, 1.807) is 12.1 Å². The number of fused-ring (bicyclic) bond motifs is 1. The van der Waals surface area contributed by atoms with Gasteiger partial charge in [-0.25, -0.2) is 0 Å². The number of aromatic amines is 1. The molecule has 5 heteroatoms. The van der Waals surface area contributed by atoms with Gasteiger partial charge in [0.05, 0.1) is 16.8 Å². The number of hydrogen-bond acceptors (Lipinski definition) is 2. The zero-order valence-corrected chi connectivity index (χ0v) is 9.39. The average Bonchev–Trinajstić information content (AvgIpc) is 2.16. The summed E-state index contributed by atoms with van der Waals surface area (Å²) in [5, 5.41) is 0.571. The topological polar surface area (TPSA) is 45.8 Å². The summed E-state index contributed by atoms with van der Waals surface area (Å²) in [5.41, 5.74) is 0.497. The maximum atomic E-state index is 11.5. The van der Waals surface area contributed by atoms with Crippen molar-refractivity contribution in [1.29, 1.82) is 0 Å². The van der Waals surface area contributed by atoms with Gasteiger partial charge in [0.1, 0.15) is 5.82 Å². The molecule has 1 heterocycles. The molecule has 0 unspecified atom stereocenters. The number of rotatable bonds is 1. The first-order valence-corrected chi connectivity index (χ1v) is 5.28. The van der Waals surface area contributed by atoms with Gasteiger partial charge >= 0.3 is 0 Å². The van der Waals surface area contributed by atoms with Crippen molar-refractivity contribution >= 4 is 38.4 Å². The first-order valence-electron chi connectivity index (χ1n) is 3.95. The SMILES string of the molecule is O=c1nc(CCl)[nH]c2cc(Br)ccc12. The van der Waals surface area contributed by atoms with Crippen LogP contribution in [0.5, 0.6) is 0 Å². The van der Waals surface area contributed by atoms with Crippen molar-refractivity contribution in [2.24, 2.45) is 0 Å². The van der Waals surface area contributed by atoms with E-state index in [0.29, 0.717) is 11.2 Å². The first-order chi connectivity index (χ1) is 6.70. The lowest BCUT2D eigenvalue weighted by atomic mass is 10.2. The van der Waals surface area contributed by atoms with Crippen molar-refractivity contribution in [1.82, 2.24) is 9.97 Å². The summed E-state index contributed by atoms with van der Waals surface area (Å²) in [4.78, 5) is 18.2. The van der Waals surface area contributed by atoms with Gasteiger partial charge in [-0.3, -0.25) is 4.79 Å². The van der Waals surface area contributed by atoms with Crippen molar-refractivity contribution in [2.45, 2.75) is 5.88 Å². The molecule has 2 rings (SSSR count). The Morgan fingerprint density at radius 3 is 3.00 bits per heavy atom. The number of H-pyrrole nitrogens is 1. The Morgan fingerprint density at radius 2 is 2.29 bits per heavy atom. The van der Waals surface area contributed by atoms with Gasteiger partial charge in [-0.05, 0) is 18.2 Å². The van der Waals surface area contributed by atoms with Crippen LogP contribution in [-0.2, 0) is 5.88 Å². The molecule has 3 nitrogen and oxygen atoms in total. The van der Waals surface area contributed by atoms with Crippen LogP contribution >= 0.6 is 27.5 Å². The molecule has 0 amide bonds. The third-order valence-electron chi connectivity index (χ3n) is 1.85. The number of nitrogens with zero attached hydrogens (tertiary/aromatic N) is 1. The van der Waals surface area contributed by atoms with Gasteiger partial charge in [-0.1, -0.05) is 15.9 Å². The predicted octanol–water partition coefficient (Wildman–Crippen LogP) is 2.42. The van der Waals surface area contributed by atoms with Crippen molar-refractivity contribution in [2.75, 3.05) is 0 Å². The molecule has 2 aromatic rings. The molecule has 1 N–H and O–H groups in total. The van der Waals surface area contributed by atoms with Gasteiger partial charge < -0.3 is 4.98 Å². The fourth-order valence-corrected chi connectivity index (χ4v) is 1.72. The molecule has 0 aliphatic rings. The zero-order chi connectivity index (χ0) is 10.1. The molecule has 0 saturated heterocycles. The van der Waals surface area contributed by atoms with E-state index in [4.69, 9.17) is 11.6 Å². The van der Waals surface area contributed by atoms with Crippen LogP contribution < -0.4 is 5.56 Å². The average molecular weight is 274 g/mol. The van der Waals surface area contributed by atoms with Crippen LogP contribution in [0, 0.1) is 0 Å². The summed E-state index contributed by atoms with van der Waals surface area (Å²) in [7, 11) is 0. The summed E-state index contributed by atoms with van der Waals surface area (Å²) in [5.74, 6) is 0.694. The molecule has 0 atom stereocenters. The summed E-state index contributed by atoms with van der Waals surface area (Å²) in [6, 6.07) is 5.36. The maximum absolute atomic E-state index is 11.5. The van der Waals surface area contributed by atoms with E-state index in [9.17, 15) is 4.79 Å². The van der Waals surface area contributed by atoms with Crippen LogP contribution in [0.3, 0.4) is 0 Å². The number of benzene rings is 1. The van der Waals surface area contributed by atoms with E-state index in [0.717, 1.165) is 9.99 Å². The molecule has 1 aromatic heterocycles. The molecule has 72 valence electrons. The Morgan fingerprint density at radius 1 is 1.50 bits per heavy atom. The highest BCUT2D eigenvalue weighted by atomic mass is 79.9. The minimum Gasteiger partial charge on any atom is -0.342 e. The number of halogens is 2. The normalized spacial score (nSPS) is 10.7. The maximum Gasteiger partial charge on any atom is 0.280 e. The second-order valence-corrected chi connectivity index (χ2v) is 4.00. The largest absolute Gasteiger partial charge is 0.342 e. The summed E-state index contributed by atoms with van der Waals surface area (Å²) >= 11 is 8.92. The zero-order valence-electron chi connectivity index (χ0n) is 7.05. The van der Waals surface area contributed by atoms with Gasteiger partial charge in [-0.2, -0.15) is 4.98 Å². The van der Waals surface area contributed by atoms with E-state index in [-0.39, 0.29) is 11.4 Å². The van der Waals surface area contributed by atoms with Crippen molar-refractivity contribution in [3.63, 3.8) is 0 Å². The third kappa shape index (κ3) is 1.67. The summed E-state index contributed by atoms with van der Waals surface area (Å²) < 4.78 is 0.910. The lowest BCUT2D eigenvalue weighted by Crippen LogP contribution is -2.10. The van der Waals surface area contributed by atoms with Gasteiger partial charge in [0.2, 0.25) is 0 Å². The summed E-state index contributed by atoms with van der Waals surface area (Å²) in [6.07, 6.45) is 0. The molecule has 0 aliphatic carbocycles. The predicted molar refractivity (Wildman–Crippen MR) is 59.6 cm³/mol. The highest BCUT2D eigenvalue weighted by molar-refractivity contribution is 9.10. The molecule has 0 radical (unpaired) electrons. The Labute approximate surface area is 93.2 Å². The molecule has 0 saturated carbocycles. The third-order valence-corrected chi connectivity index (χ3v) is 2.60. The fourth-order valence-electron chi connectivity index (χ4n) is 1.24. The molecule has 14 heavy (non-hydrogen) atoms. The van der Waals surface area contributed by atoms with E-state index >= 15 is 0 Å². The van der Waals surface area contributed by atoms with E-state index in [1.165, 1.54) is 0 Å². The van der Waals surface area contributed by atoms with Crippen LogP contribution in [0.4, 0.5) is 0 Å². The Balaban J connectivity index is 2.84. The number of nitrogens with one attached hydrogen (secondary N) is 1. The molecular formula is C9H6BrClN2O. The number of hydrogen-bond donors (Lipinski definition) is 1. The van der Waals surface area contributed by atoms with Crippen molar-refractivity contribution in [3.8, 4) is 0 Å². The fraction of sp³-hybridized carbons (Fsp3) is 0.111. The van der Waals surface area contributed by atoms with E-state index < -0.39 is 0 Å². The smallest absolute Gasteiger partial charge is 0.280 e. The van der Waals surface area contributed by atoms with Crippen LogP contribution in [0.25, 0.3) is 10.9 Å². The van der Waals surface area contributed by atoms with Crippen LogP contribution in [0.15, 0.2) is 27.5 Å². The highest BCUT2D eigenvalue weighted by Gasteiger charge is 2.02. The van der Waals surface area contributed by atoms with Crippen LogP contribution in [0.1, 0.15) is 5.82 Å². The second kappa shape index (κ2) is 3.71. The minimum absolute atomic E-state index is 0.206. The molecule has 1 aromatic carbocycles. The molecule has 0 bridgehead atoms. The minimum atomic E-state index is -0.248. The van der Waals surface area contributed by atoms with E-state index in [2.05, 4.69) is 25.9 Å². The first kappa shape index (κ1) is 9.68. The van der Waals surface area contributed by atoms with Gasteiger partial charge in [0, 0.05) is 4.47 Å². The Hall–Kier alpha value is -0.870. The van der Waals surface area contributed by atoms with E-state index in [1.807, 2.05) is 6.07 Å². The Bertz CT molecular complexity index is 538. The molecule has 0 fully saturated rings. The molecule has 0 aliphatic heterocycles.